The largest absolute Gasteiger partial charge is 0.355 e. The second-order valence-electron chi connectivity index (χ2n) is 11.5. The first-order chi connectivity index (χ1) is 21.6. The fourth-order valence-corrected chi connectivity index (χ4v) is 6.59. The molecule has 0 aliphatic carbocycles. The normalized spacial score (nSPS) is 12.3. The minimum atomic E-state index is -0.281. The lowest BCUT2D eigenvalue weighted by molar-refractivity contribution is 0.868. The first-order valence-corrected chi connectivity index (χ1v) is 15.0. The maximum atomic E-state index is 6.95. The average molecular weight is 569 g/mol. The lowest BCUT2D eigenvalue weighted by Crippen LogP contribution is -2.17. The highest BCUT2D eigenvalue weighted by atomic mass is 15.4. The van der Waals surface area contributed by atoms with Crippen molar-refractivity contribution in [3.8, 4) is 11.1 Å². The number of aryl methyl sites for hydroxylation is 1. The number of hydrogen-bond acceptors (Lipinski definition) is 2. The first kappa shape index (κ1) is 26.1. The molecular formula is C40H32N4. The van der Waals surface area contributed by atoms with E-state index in [9.17, 15) is 0 Å². The van der Waals surface area contributed by atoms with Crippen molar-refractivity contribution in [2.75, 3.05) is 5.43 Å². The summed E-state index contributed by atoms with van der Waals surface area (Å²) in [6.07, 6.45) is 1.88. The molecule has 6 aromatic carbocycles. The molecule has 0 saturated heterocycles. The molecule has 2 heterocycles. The Morgan fingerprint density at radius 3 is 2.32 bits per heavy atom. The van der Waals surface area contributed by atoms with Gasteiger partial charge in [0, 0.05) is 27.4 Å². The quantitative estimate of drug-likeness (QED) is 0.187. The van der Waals surface area contributed by atoms with E-state index in [0.717, 1.165) is 39.1 Å². The summed E-state index contributed by atoms with van der Waals surface area (Å²) in [4.78, 5) is 3.51. The number of aromatic amines is 1. The van der Waals surface area contributed by atoms with E-state index in [0.29, 0.717) is 0 Å². The highest BCUT2D eigenvalue weighted by molar-refractivity contribution is 6.10. The van der Waals surface area contributed by atoms with Crippen molar-refractivity contribution in [2.24, 2.45) is 5.73 Å². The van der Waals surface area contributed by atoms with Crippen LogP contribution < -0.4 is 11.2 Å². The van der Waals surface area contributed by atoms with Gasteiger partial charge in [-0.05, 0) is 88.0 Å². The predicted octanol–water partition coefficient (Wildman–Crippen LogP) is 9.97. The van der Waals surface area contributed by atoms with E-state index in [1.54, 1.807) is 0 Å². The number of benzene rings is 6. The smallest absolute Gasteiger partial charge is 0.0710 e. The van der Waals surface area contributed by atoms with Crippen LogP contribution in [0.2, 0.25) is 0 Å². The molecule has 212 valence electrons. The zero-order chi connectivity index (χ0) is 29.8. The fraction of sp³-hybridized carbons (Fsp3) is 0.0500. The van der Waals surface area contributed by atoms with E-state index in [-0.39, 0.29) is 6.04 Å². The molecule has 4 heteroatoms. The van der Waals surface area contributed by atoms with Gasteiger partial charge in [-0.1, -0.05) is 97.6 Å². The van der Waals surface area contributed by atoms with E-state index in [1.165, 1.54) is 43.6 Å². The molecule has 8 rings (SSSR count). The van der Waals surface area contributed by atoms with Crippen LogP contribution in [0.5, 0.6) is 0 Å². The third-order valence-electron chi connectivity index (χ3n) is 8.97. The maximum absolute atomic E-state index is 6.95. The van der Waals surface area contributed by atoms with Crippen molar-refractivity contribution >= 4 is 55.2 Å². The highest BCUT2D eigenvalue weighted by Crippen LogP contribution is 2.36. The fourth-order valence-electron chi connectivity index (χ4n) is 6.59. The zero-order valence-corrected chi connectivity index (χ0v) is 24.5. The van der Waals surface area contributed by atoms with Crippen molar-refractivity contribution < 1.29 is 0 Å². The first-order valence-electron chi connectivity index (χ1n) is 15.0. The van der Waals surface area contributed by atoms with Gasteiger partial charge in [0.05, 0.1) is 22.8 Å². The molecule has 0 spiro atoms. The second-order valence-corrected chi connectivity index (χ2v) is 11.5. The summed E-state index contributed by atoms with van der Waals surface area (Å²) in [5.41, 5.74) is 21.8. The summed E-state index contributed by atoms with van der Waals surface area (Å²) in [5, 5.41) is 6.01. The number of nitrogens with two attached hydrogens (primary N) is 1. The number of nitrogens with one attached hydrogen (secondary N) is 2. The van der Waals surface area contributed by atoms with Crippen LogP contribution in [0.1, 0.15) is 28.4 Å². The van der Waals surface area contributed by atoms with Crippen molar-refractivity contribution in [2.45, 2.75) is 13.0 Å². The van der Waals surface area contributed by atoms with Crippen LogP contribution in [0.25, 0.3) is 60.7 Å². The van der Waals surface area contributed by atoms with Crippen LogP contribution in [-0.4, -0.2) is 9.66 Å². The number of aromatic nitrogens is 2. The van der Waals surface area contributed by atoms with Gasteiger partial charge in [-0.25, -0.2) is 0 Å². The summed E-state index contributed by atoms with van der Waals surface area (Å²) < 4.78 is 2.19. The summed E-state index contributed by atoms with van der Waals surface area (Å²) >= 11 is 0. The number of hydrogen-bond donors (Lipinski definition) is 3. The molecule has 0 saturated carbocycles. The minimum absolute atomic E-state index is 0.281. The van der Waals surface area contributed by atoms with E-state index in [4.69, 9.17) is 5.73 Å². The lowest BCUT2D eigenvalue weighted by Gasteiger charge is -2.20. The molecule has 0 radical (unpaired) electrons. The molecule has 1 atom stereocenters. The van der Waals surface area contributed by atoms with E-state index in [2.05, 4.69) is 156 Å². The molecule has 8 aromatic rings. The van der Waals surface area contributed by atoms with E-state index in [1.807, 2.05) is 6.08 Å². The Morgan fingerprint density at radius 2 is 1.43 bits per heavy atom. The molecule has 1 unspecified atom stereocenters. The zero-order valence-electron chi connectivity index (χ0n) is 24.5. The van der Waals surface area contributed by atoms with Crippen LogP contribution >= 0.6 is 0 Å². The van der Waals surface area contributed by atoms with Crippen LogP contribution in [0.15, 0.2) is 134 Å². The summed E-state index contributed by atoms with van der Waals surface area (Å²) in [7, 11) is 0. The molecule has 0 amide bonds. The Bertz CT molecular complexity index is 2370. The van der Waals surface area contributed by atoms with Gasteiger partial charge >= 0.3 is 0 Å². The van der Waals surface area contributed by atoms with Crippen molar-refractivity contribution in [3.05, 3.63) is 156 Å². The van der Waals surface area contributed by atoms with Gasteiger partial charge < -0.3 is 10.7 Å². The molecule has 4 nitrogen and oxygen atoms in total. The number of fused-ring (bicyclic) bond motifs is 5. The average Bonchev–Trinajstić information content (AvgIpc) is 3.57. The number of rotatable bonds is 6. The molecule has 0 aliphatic rings. The third-order valence-corrected chi connectivity index (χ3v) is 8.97. The van der Waals surface area contributed by atoms with Gasteiger partial charge in [0.25, 0.3) is 0 Å². The Labute approximate surface area is 256 Å². The van der Waals surface area contributed by atoms with Crippen LogP contribution in [0.3, 0.4) is 0 Å². The summed E-state index contributed by atoms with van der Waals surface area (Å²) in [5.74, 6) is 0. The number of anilines is 1. The van der Waals surface area contributed by atoms with E-state index < -0.39 is 0 Å². The van der Waals surface area contributed by atoms with Gasteiger partial charge in [0.1, 0.15) is 0 Å². The van der Waals surface area contributed by atoms with Crippen LogP contribution in [0.4, 0.5) is 5.69 Å². The number of para-hydroxylation sites is 2. The molecule has 0 bridgehead atoms. The minimum Gasteiger partial charge on any atom is -0.355 e. The third kappa shape index (κ3) is 4.19. The predicted molar refractivity (Wildman–Crippen MR) is 187 cm³/mol. The molecule has 4 N–H and O–H groups in total. The van der Waals surface area contributed by atoms with Gasteiger partial charge in [-0.2, -0.15) is 0 Å². The molecule has 0 fully saturated rings. The van der Waals surface area contributed by atoms with Crippen molar-refractivity contribution in [1.29, 1.82) is 0 Å². The highest BCUT2D eigenvalue weighted by Gasteiger charge is 2.17. The Balaban J connectivity index is 1.21. The maximum Gasteiger partial charge on any atom is 0.0710 e. The standard InChI is InChI=1S/C40H32N4/c1-3-35-25(2)31-20-18-29(24-37(31)42-35)28-19-21-39-34(23-28)32-12-7-9-15-38(32)44(39)43-36-14-8-6-13-33(36)40(41)30-17-16-26-10-4-5-11-27(26)22-30/h3-24,40,42-43H,1,41H2,2H3. The van der Waals surface area contributed by atoms with Crippen molar-refractivity contribution in [1.82, 2.24) is 9.66 Å². The molecule has 2 aromatic heterocycles. The van der Waals surface area contributed by atoms with Gasteiger partial charge in [0.2, 0.25) is 0 Å². The van der Waals surface area contributed by atoms with Crippen LogP contribution in [-0.2, 0) is 0 Å². The van der Waals surface area contributed by atoms with Crippen molar-refractivity contribution in [3.63, 3.8) is 0 Å². The summed E-state index contributed by atoms with van der Waals surface area (Å²) in [6, 6.07) is 44.9. The Morgan fingerprint density at radius 1 is 0.705 bits per heavy atom. The number of H-pyrrole nitrogens is 1. The van der Waals surface area contributed by atoms with Gasteiger partial charge in [-0.15, -0.1) is 0 Å². The van der Waals surface area contributed by atoms with E-state index >= 15 is 0 Å². The Kier molecular flexibility index (Phi) is 6.10. The monoisotopic (exact) mass is 568 g/mol. The SMILES string of the molecule is C=Cc1[nH]c2cc(-c3ccc4c(c3)c3ccccc3n4Nc3ccccc3C(N)c3ccc4ccccc4c3)ccc2c1C. The topological polar surface area (TPSA) is 58.8 Å². The van der Waals surface area contributed by atoms with Gasteiger partial charge in [0.15, 0.2) is 0 Å². The lowest BCUT2D eigenvalue weighted by atomic mass is 9.96. The molecule has 0 aliphatic heterocycles. The molecular weight excluding hydrogens is 536 g/mol. The summed E-state index contributed by atoms with van der Waals surface area (Å²) in [6.45, 7) is 6.09. The van der Waals surface area contributed by atoms with Crippen LogP contribution in [0, 0.1) is 6.92 Å². The number of nitrogens with zero attached hydrogens (tertiary/aromatic N) is 1. The van der Waals surface area contributed by atoms with Gasteiger partial charge in [-0.3, -0.25) is 10.1 Å². The Hall–Kier alpha value is -5.58. The second kappa shape index (κ2) is 10.3. The molecule has 44 heavy (non-hydrogen) atoms.